The number of carbonyl (C=O) groups excluding carboxylic acids is 1. The summed E-state index contributed by atoms with van der Waals surface area (Å²) in [5.41, 5.74) is 0. The van der Waals surface area contributed by atoms with E-state index in [1.54, 1.807) is 0 Å². The molecular formula is C13H26N2O2. The Bertz CT molecular complexity index is 213. The zero-order valence-corrected chi connectivity index (χ0v) is 11.0. The quantitative estimate of drug-likeness (QED) is 0.793. The first kappa shape index (κ1) is 14.3. The van der Waals surface area contributed by atoms with Crippen molar-refractivity contribution < 1.29 is 9.90 Å². The SMILES string of the molecule is CC(CCCO)NC(=O)N1CCCCCCC1. The molecule has 4 heteroatoms. The fourth-order valence-electron chi connectivity index (χ4n) is 2.22. The predicted octanol–water partition coefficient (Wildman–Crippen LogP) is 2.12. The Labute approximate surface area is 104 Å². The molecule has 1 aliphatic rings. The number of nitrogens with zero attached hydrogens (tertiary/aromatic N) is 1. The van der Waals surface area contributed by atoms with Gasteiger partial charge in [-0.2, -0.15) is 0 Å². The highest BCUT2D eigenvalue weighted by molar-refractivity contribution is 5.74. The van der Waals surface area contributed by atoms with Gasteiger partial charge in [0.1, 0.15) is 0 Å². The van der Waals surface area contributed by atoms with E-state index in [-0.39, 0.29) is 18.7 Å². The van der Waals surface area contributed by atoms with Crippen LogP contribution < -0.4 is 5.32 Å². The molecule has 0 saturated carbocycles. The molecule has 1 atom stereocenters. The Morgan fingerprint density at radius 3 is 2.41 bits per heavy atom. The van der Waals surface area contributed by atoms with E-state index < -0.39 is 0 Å². The summed E-state index contributed by atoms with van der Waals surface area (Å²) in [6, 6.07) is 0.220. The number of aliphatic hydroxyl groups excluding tert-OH is 1. The third-order valence-corrected chi connectivity index (χ3v) is 3.31. The summed E-state index contributed by atoms with van der Waals surface area (Å²) in [6.45, 7) is 3.97. The largest absolute Gasteiger partial charge is 0.396 e. The minimum absolute atomic E-state index is 0.0670. The van der Waals surface area contributed by atoms with Crippen molar-refractivity contribution in [2.45, 2.75) is 57.9 Å². The van der Waals surface area contributed by atoms with Crippen LogP contribution in [0.3, 0.4) is 0 Å². The summed E-state index contributed by atoms with van der Waals surface area (Å²) < 4.78 is 0. The van der Waals surface area contributed by atoms with Crippen molar-refractivity contribution in [3.63, 3.8) is 0 Å². The molecule has 100 valence electrons. The lowest BCUT2D eigenvalue weighted by Gasteiger charge is -2.26. The zero-order chi connectivity index (χ0) is 12.5. The van der Waals surface area contributed by atoms with E-state index in [0.29, 0.717) is 0 Å². The molecule has 0 aromatic carbocycles. The van der Waals surface area contributed by atoms with E-state index >= 15 is 0 Å². The monoisotopic (exact) mass is 242 g/mol. The molecule has 0 aliphatic carbocycles. The molecule has 1 fully saturated rings. The van der Waals surface area contributed by atoms with E-state index in [9.17, 15) is 4.79 Å². The predicted molar refractivity (Wildman–Crippen MR) is 69.0 cm³/mol. The van der Waals surface area contributed by atoms with E-state index in [2.05, 4.69) is 5.32 Å². The number of hydrogen-bond donors (Lipinski definition) is 2. The molecule has 4 nitrogen and oxygen atoms in total. The van der Waals surface area contributed by atoms with Crippen LogP contribution in [0.4, 0.5) is 4.79 Å². The molecule has 0 radical (unpaired) electrons. The van der Waals surface area contributed by atoms with Crippen molar-refractivity contribution >= 4 is 6.03 Å². The van der Waals surface area contributed by atoms with Crippen LogP contribution in [-0.4, -0.2) is 41.8 Å². The Kier molecular flexibility index (Phi) is 7.01. The van der Waals surface area contributed by atoms with Crippen LogP contribution in [-0.2, 0) is 0 Å². The molecule has 0 bridgehead atoms. The third kappa shape index (κ3) is 5.91. The normalized spacial score (nSPS) is 19.3. The van der Waals surface area contributed by atoms with Gasteiger partial charge in [0.25, 0.3) is 0 Å². The number of urea groups is 1. The molecule has 1 rings (SSSR count). The van der Waals surface area contributed by atoms with Gasteiger partial charge in [-0.15, -0.1) is 0 Å². The van der Waals surface area contributed by atoms with E-state index in [0.717, 1.165) is 38.8 Å². The average Bonchev–Trinajstić information content (AvgIpc) is 2.25. The van der Waals surface area contributed by atoms with Gasteiger partial charge in [0.15, 0.2) is 0 Å². The number of hydrogen-bond acceptors (Lipinski definition) is 2. The molecule has 1 unspecified atom stereocenters. The van der Waals surface area contributed by atoms with Gasteiger partial charge in [0, 0.05) is 25.7 Å². The van der Waals surface area contributed by atoms with Gasteiger partial charge in [-0.05, 0) is 32.6 Å². The zero-order valence-electron chi connectivity index (χ0n) is 11.0. The summed E-state index contributed by atoms with van der Waals surface area (Å²) in [5.74, 6) is 0. The molecule has 1 saturated heterocycles. The van der Waals surface area contributed by atoms with Crippen LogP contribution in [0.5, 0.6) is 0 Å². The first-order valence-electron chi connectivity index (χ1n) is 6.90. The lowest BCUT2D eigenvalue weighted by molar-refractivity contribution is 0.187. The number of rotatable bonds is 4. The first-order valence-corrected chi connectivity index (χ1v) is 6.90. The maximum atomic E-state index is 12.0. The number of nitrogens with one attached hydrogen (secondary N) is 1. The smallest absolute Gasteiger partial charge is 0.317 e. The maximum Gasteiger partial charge on any atom is 0.317 e. The Balaban J connectivity index is 2.28. The van der Waals surface area contributed by atoms with Crippen LogP contribution in [0.15, 0.2) is 0 Å². The number of carbonyl (C=O) groups is 1. The highest BCUT2D eigenvalue weighted by atomic mass is 16.3. The summed E-state index contributed by atoms with van der Waals surface area (Å²) in [5, 5.41) is 11.8. The van der Waals surface area contributed by atoms with E-state index in [1.807, 2.05) is 11.8 Å². The topological polar surface area (TPSA) is 52.6 Å². The molecule has 1 aliphatic heterocycles. The van der Waals surface area contributed by atoms with Gasteiger partial charge in [0.2, 0.25) is 0 Å². The molecule has 0 aromatic heterocycles. The van der Waals surface area contributed by atoms with Crippen LogP contribution in [0.2, 0.25) is 0 Å². The van der Waals surface area contributed by atoms with Crippen molar-refractivity contribution in [3.05, 3.63) is 0 Å². The Morgan fingerprint density at radius 1 is 1.24 bits per heavy atom. The molecule has 1 heterocycles. The number of likely N-dealkylation sites (tertiary alicyclic amines) is 1. The van der Waals surface area contributed by atoms with Crippen LogP contribution in [0.25, 0.3) is 0 Å². The highest BCUT2D eigenvalue weighted by Crippen LogP contribution is 2.10. The van der Waals surface area contributed by atoms with Crippen molar-refractivity contribution in [1.82, 2.24) is 10.2 Å². The third-order valence-electron chi connectivity index (χ3n) is 3.31. The second-order valence-electron chi connectivity index (χ2n) is 4.97. The van der Waals surface area contributed by atoms with Gasteiger partial charge >= 0.3 is 6.03 Å². The van der Waals surface area contributed by atoms with Crippen molar-refractivity contribution in [2.24, 2.45) is 0 Å². The van der Waals surface area contributed by atoms with Crippen LogP contribution >= 0.6 is 0 Å². The molecule has 0 aromatic rings. The van der Waals surface area contributed by atoms with E-state index in [1.165, 1.54) is 19.3 Å². The minimum atomic E-state index is 0.0670. The lowest BCUT2D eigenvalue weighted by atomic mass is 10.1. The standard InChI is InChI=1S/C13H26N2O2/c1-12(8-7-11-16)14-13(17)15-9-5-3-2-4-6-10-15/h12,16H,2-11H2,1H3,(H,14,17). The lowest BCUT2D eigenvalue weighted by Crippen LogP contribution is -2.45. The molecule has 2 amide bonds. The van der Waals surface area contributed by atoms with Gasteiger partial charge in [-0.1, -0.05) is 19.3 Å². The minimum Gasteiger partial charge on any atom is -0.396 e. The second-order valence-corrected chi connectivity index (χ2v) is 4.97. The highest BCUT2D eigenvalue weighted by Gasteiger charge is 2.16. The summed E-state index contributed by atoms with van der Waals surface area (Å²) in [4.78, 5) is 13.9. The Morgan fingerprint density at radius 2 is 1.82 bits per heavy atom. The molecule has 17 heavy (non-hydrogen) atoms. The van der Waals surface area contributed by atoms with Crippen molar-refractivity contribution in [1.29, 1.82) is 0 Å². The maximum absolute atomic E-state index is 12.0. The fraction of sp³-hybridized carbons (Fsp3) is 0.923. The summed E-state index contributed by atoms with van der Waals surface area (Å²) >= 11 is 0. The average molecular weight is 242 g/mol. The van der Waals surface area contributed by atoms with Gasteiger partial charge in [-0.3, -0.25) is 0 Å². The van der Waals surface area contributed by atoms with Gasteiger partial charge < -0.3 is 15.3 Å². The van der Waals surface area contributed by atoms with Crippen LogP contribution in [0, 0.1) is 0 Å². The van der Waals surface area contributed by atoms with Crippen molar-refractivity contribution in [3.8, 4) is 0 Å². The summed E-state index contributed by atoms with van der Waals surface area (Å²) in [6.07, 6.45) is 7.63. The van der Waals surface area contributed by atoms with Gasteiger partial charge in [-0.25, -0.2) is 4.79 Å². The molecule has 0 spiro atoms. The van der Waals surface area contributed by atoms with Crippen LogP contribution in [0.1, 0.15) is 51.9 Å². The van der Waals surface area contributed by atoms with E-state index in [4.69, 9.17) is 5.11 Å². The first-order chi connectivity index (χ1) is 8.24. The number of amides is 2. The Hall–Kier alpha value is -0.770. The van der Waals surface area contributed by atoms with Crippen molar-refractivity contribution in [2.75, 3.05) is 19.7 Å². The second kappa shape index (κ2) is 8.34. The molecular weight excluding hydrogens is 216 g/mol. The number of aliphatic hydroxyl groups is 1. The summed E-state index contributed by atoms with van der Waals surface area (Å²) in [7, 11) is 0. The fourth-order valence-corrected chi connectivity index (χ4v) is 2.22. The van der Waals surface area contributed by atoms with Gasteiger partial charge in [0.05, 0.1) is 0 Å². The molecule has 2 N–H and O–H groups in total.